The Balaban J connectivity index is 1.97. The number of rotatable bonds is 9. The number of hydrogen-bond acceptors (Lipinski definition) is 4. The molecular formula is C24H16F11NO3. The van der Waals surface area contributed by atoms with Crippen molar-refractivity contribution in [3.05, 3.63) is 84.2 Å². The molecule has 212 valence electrons. The number of hydroxylamine groups is 1. The van der Waals surface area contributed by atoms with Crippen LogP contribution in [0.5, 0.6) is 17.2 Å². The number of para-hydroxylation sites is 1. The topological polar surface area (TPSA) is 41.9 Å². The quantitative estimate of drug-likeness (QED) is 0.211. The molecule has 0 spiro atoms. The summed E-state index contributed by atoms with van der Waals surface area (Å²) in [5.74, 6) is -14.4. The van der Waals surface area contributed by atoms with Crippen molar-refractivity contribution in [3.63, 3.8) is 0 Å². The Labute approximate surface area is 212 Å². The standard InChI is InChI=1S/C24H16F11NO3/c25-18-9-1-2-10-19(18)38-16-7-4-6-15(12-16)36(13-20(37)22(28,29)30)39-17-8-3-5-14(11-17)21(26,27)23(31,32)24(33,34)35/h1-12,20,37H,13H2/t20-/m0/s1. The number of halogens is 11. The normalized spacial score (nSPS) is 13.6. The van der Waals surface area contributed by atoms with Crippen LogP contribution in [-0.2, 0) is 5.92 Å². The molecule has 4 nitrogen and oxygen atoms in total. The van der Waals surface area contributed by atoms with Crippen molar-refractivity contribution in [2.24, 2.45) is 0 Å². The molecule has 1 N–H and O–H groups in total. The van der Waals surface area contributed by atoms with Gasteiger partial charge in [-0.25, -0.2) is 9.45 Å². The number of benzene rings is 3. The Morgan fingerprint density at radius 2 is 1.36 bits per heavy atom. The predicted molar refractivity (Wildman–Crippen MR) is 114 cm³/mol. The van der Waals surface area contributed by atoms with Crippen LogP contribution >= 0.6 is 0 Å². The third kappa shape index (κ3) is 6.64. The van der Waals surface area contributed by atoms with E-state index in [1.54, 1.807) is 0 Å². The summed E-state index contributed by atoms with van der Waals surface area (Å²) < 4.78 is 151. The first kappa shape index (κ1) is 29.8. The van der Waals surface area contributed by atoms with E-state index in [1.807, 2.05) is 0 Å². The van der Waals surface area contributed by atoms with Gasteiger partial charge in [-0.1, -0.05) is 30.3 Å². The summed E-state index contributed by atoms with van der Waals surface area (Å²) in [6.45, 7) is -1.41. The molecule has 0 radical (unpaired) electrons. The molecule has 0 unspecified atom stereocenters. The Morgan fingerprint density at radius 3 is 1.97 bits per heavy atom. The van der Waals surface area contributed by atoms with Gasteiger partial charge in [0.15, 0.2) is 23.4 Å². The molecule has 0 saturated heterocycles. The van der Waals surface area contributed by atoms with E-state index in [-0.39, 0.29) is 29.3 Å². The number of nitrogens with zero attached hydrogens (tertiary/aromatic N) is 1. The van der Waals surface area contributed by atoms with Gasteiger partial charge in [-0.15, -0.1) is 0 Å². The maximum Gasteiger partial charge on any atom is 0.460 e. The maximum atomic E-state index is 14.2. The van der Waals surface area contributed by atoms with Gasteiger partial charge in [-0.2, -0.15) is 43.9 Å². The Kier molecular flexibility index (Phi) is 8.24. The molecule has 0 aromatic heterocycles. The van der Waals surface area contributed by atoms with E-state index in [2.05, 4.69) is 0 Å². The highest BCUT2D eigenvalue weighted by Crippen LogP contribution is 2.52. The highest BCUT2D eigenvalue weighted by Gasteiger charge is 2.73. The van der Waals surface area contributed by atoms with Gasteiger partial charge in [0.2, 0.25) is 0 Å². The van der Waals surface area contributed by atoms with Gasteiger partial charge in [0.1, 0.15) is 5.75 Å². The second-order valence-corrected chi connectivity index (χ2v) is 7.91. The number of aliphatic hydroxyl groups is 1. The summed E-state index contributed by atoms with van der Waals surface area (Å²) in [5, 5.41) is 9.86. The van der Waals surface area contributed by atoms with Gasteiger partial charge in [0.05, 0.1) is 12.2 Å². The summed E-state index contributed by atoms with van der Waals surface area (Å²) in [6.07, 6.45) is -14.9. The van der Waals surface area contributed by atoms with Crippen LogP contribution in [0.4, 0.5) is 54.0 Å². The van der Waals surface area contributed by atoms with Crippen LogP contribution in [0.1, 0.15) is 5.56 Å². The van der Waals surface area contributed by atoms with Gasteiger partial charge < -0.3 is 14.7 Å². The molecule has 3 aromatic rings. The molecule has 0 heterocycles. The van der Waals surface area contributed by atoms with E-state index in [0.29, 0.717) is 11.1 Å². The van der Waals surface area contributed by atoms with Crippen LogP contribution < -0.4 is 14.6 Å². The lowest BCUT2D eigenvalue weighted by atomic mass is 10.0. The molecule has 39 heavy (non-hydrogen) atoms. The van der Waals surface area contributed by atoms with Crippen molar-refractivity contribution in [2.75, 3.05) is 11.6 Å². The lowest BCUT2D eigenvalue weighted by Gasteiger charge is -2.30. The highest BCUT2D eigenvalue weighted by molar-refractivity contribution is 5.51. The highest BCUT2D eigenvalue weighted by atomic mass is 19.4. The molecule has 0 amide bonds. The third-order valence-corrected chi connectivity index (χ3v) is 5.05. The van der Waals surface area contributed by atoms with Crippen LogP contribution in [0.25, 0.3) is 0 Å². The average molecular weight is 575 g/mol. The molecule has 3 aromatic carbocycles. The van der Waals surface area contributed by atoms with Gasteiger partial charge in [0.25, 0.3) is 0 Å². The second-order valence-electron chi connectivity index (χ2n) is 7.91. The van der Waals surface area contributed by atoms with E-state index >= 15 is 0 Å². The molecule has 0 aliphatic rings. The minimum Gasteiger partial charge on any atom is -0.454 e. The first-order chi connectivity index (χ1) is 17.9. The number of aliphatic hydroxyl groups excluding tert-OH is 1. The van der Waals surface area contributed by atoms with E-state index in [1.165, 1.54) is 30.3 Å². The smallest absolute Gasteiger partial charge is 0.454 e. The fourth-order valence-electron chi connectivity index (χ4n) is 3.05. The minimum atomic E-state index is -6.63. The summed E-state index contributed by atoms with van der Waals surface area (Å²) in [7, 11) is 0. The molecule has 1 atom stereocenters. The molecule has 0 fully saturated rings. The van der Waals surface area contributed by atoms with Crippen molar-refractivity contribution in [2.45, 2.75) is 30.3 Å². The Morgan fingerprint density at radius 1 is 0.744 bits per heavy atom. The number of anilines is 1. The summed E-state index contributed by atoms with van der Waals surface area (Å²) in [5.41, 5.74) is -2.18. The first-order valence-corrected chi connectivity index (χ1v) is 10.6. The Hall–Kier alpha value is -3.75. The Bertz CT molecular complexity index is 1280. The first-order valence-electron chi connectivity index (χ1n) is 10.6. The summed E-state index contributed by atoms with van der Waals surface area (Å²) >= 11 is 0. The molecule has 15 heteroatoms. The molecule has 0 saturated carbocycles. The van der Waals surface area contributed by atoms with Crippen molar-refractivity contribution < 1.29 is 63.0 Å². The molecule has 3 rings (SSSR count). The lowest BCUT2D eigenvalue weighted by molar-refractivity contribution is -0.359. The fourth-order valence-corrected chi connectivity index (χ4v) is 3.05. The summed E-state index contributed by atoms with van der Waals surface area (Å²) in [6, 6.07) is 11.4. The molecule has 0 aliphatic heterocycles. The largest absolute Gasteiger partial charge is 0.460 e. The molecule has 0 bridgehead atoms. The van der Waals surface area contributed by atoms with E-state index in [9.17, 15) is 53.4 Å². The number of hydrogen-bond donors (Lipinski definition) is 1. The predicted octanol–water partition coefficient (Wildman–Crippen LogP) is 7.63. The van der Waals surface area contributed by atoms with Crippen LogP contribution in [0.15, 0.2) is 72.8 Å². The lowest BCUT2D eigenvalue weighted by Crippen LogP contribution is -2.50. The monoisotopic (exact) mass is 575 g/mol. The average Bonchev–Trinajstić information content (AvgIpc) is 2.84. The van der Waals surface area contributed by atoms with Crippen LogP contribution in [0, 0.1) is 5.82 Å². The van der Waals surface area contributed by atoms with Crippen LogP contribution in [0.2, 0.25) is 0 Å². The van der Waals surface area contributed by atoms with Crippen molar-refractivity contribution in [3.8, 4) is 17.2 Å². The molecular weight excluding hydrogens is 559 g/mol. The zero-order valence-corrected chi connectivity index (χ0v) is 19.1. The molecule has 0 aliphatic carbocycles. The van der Waals surface area contributed by atoms with E-state index in [0.717, 1.165) is 24.3 Å². The van der Waals surface area contributed by atoms with Gasteiger partial charge in [-0.3, -0.25) is 0 Å². The van der Waals surface area contributed by atoms with Gasteiger partial charge >= 0.3 is 24.2 Å². The van der Waals surface area contributed by atoms with E-state index in [4.69, 9.17) is 9.57 Å². The number of alkyl halides is 10. The van der Waals surface area contributed by atoms with Crippen LogP contribution in [-0.4, -0.2) is 36.0 Å². The zero-order chi connectivity index (χ0) is 29.2. The van der Waals surface area contributed by atoms with Gasteiger partial charge in [-0.05, 0) is 36.4 Å². The summed E-state index contributed by atoms with van der Waals surface area (Å²) in [4.78, 5) is 5.11. The van der Waals surface area contributed by atoms with Crippen molar-refractivity contribution in [1.82, 2.24) is 0 Å². The fraction of sp³-hybridized carbons (Fsp3) is 0.250. The zero-order valence-electron chi connectivity index (χ0n) is 19.1. The van der Waals surface area contributed by atoms with E-state index < -0.39 is 54.0 Å². The third-order valence-electron chi connectivity index (χ3n) is 5.05. The maximum absolute atomic E-state index is 14.2. The number of ether oxygens (including phenoxy) is 1. The van der Waals surface area contributed by atoms with Crippen molar-refractivity contribution >= 4 is 5.69 Å². The van der Waals surface area contributed by atoms with Gasteiger partial charge in [0, 0.05) is 11.6 Å². The second kappa shape index (κ2) is 10.8. The SMILES string of the molecule is O[C@@H](CN(Oc1cccc(C(F)(F)C(F)(F)C(F)(F)F)c1)c1cccc(Oc2ccccc2F)c1)C(F)(F)F. The minimum absolute atomic E-state index is 0.0757. The van der Waals surface area contributed by atoms with Crippen molar-refractivity contribution in [1.29, 1.82) is 0 Å². The van der Waals surface area contributed by atoms with Crippen LogP contribution in [0.3, 0.4) is 0 Å².